The van der Waals surface area contributed by atoms with Crippen molar-refractivity contribution >= 4 is 11.8 Å². The second-order valence-electron chi connectivity index (χ2n) is 7.19. The highest BCUT2D eigenvalue weighted by molar-refractivity contribution is 5.97. The fourth-order valence-electron chi connectivity index (χ4n) is 3.47. The van der Waals surface area contributed by atoms with Gasteiger partial charge in [0.15, 0.2) is 5.82 Å². The summed E-state index contributed by atoms with van der Waals surface area (Å²) in [4.78, 5) is 29.8. The molecule has 4 rings (SSSR count). The standard InChI is InChI=1S/C20H24N4O2/c1-13(14-7-3-2-4-8-14)21-19(25)17-16-9-5-6-12-24(16)18(23-17)20(26)22-15-10-11-15/h2-4,7-8,13,15H,5-6,9-12H2,1H3,(H,21,25)(H,22,26). The van der Waals surface area contributed by atoms with Crippen LogP contribution in [0.5, 0.6) is 0 Å². The zero-order chi connectivity index (χ0) is 18.1. The quantitative estimate of drug-likeness (QED) is 0.868. The Balaban J connectivity index is 1.58. The van der Waals surface area contributed by atoms with Gasteiger partial charge in [-0.05, 0) is 44.6 Å². The van der Waals surface area contributed by atoms with Crippen molar-refractivity contribution in [3.8, 4) is 0 Å². The largest absolute Gasteiger partial charge is 0.347 e. The molecule has 2 heterocycles. The molecule has 1 aromatic heterocycles. The van der Waals surface area contributed by atoms with Crippen LogP contribution >= 0.6 is 0 Å². The van der Waals surface area contributed by atoms with E-state index in [1.807, 2.05) is 41.8 Å². The molecule has 6 heteroatoms. The second-order valence-corrected chi connectivity index (χ2v) is 7.19. The highest BCUT2D eigenvalue weighted by atomic mass is 16.2. The fourth-order valence-corrected chi connectivity index (χ4v) is 3.47. The molecule has 1 atom stereocenters. The minimum absolute atomic E-state index is 0.117. The van der Waals surface area contributed by atoms with Crippen LogP contribution in [0, 0.1) is 0 Å². The highest BCUT2D eigenvalue weighted by Crippen LogP contribution is 2.24. The van der Waals surface area contributed by atoms with Gasteiger partial charge in [0, 0.05) is 12.6 Å². The molecule has 1 aromatic carbocycles. The lowest BCUT2D eigenvalue weighted by Crippen LogP contribution is -2.29. The lowest BCUT2D eigenvalue weighted by Gasteiger charge is -2.18. The van der Waals surface area contributed by atoms with Crippen LogP contribution in [0.15, 0.2) is 30.3 Å². The summed E-state index contributed by atoms with van der Waals surface area (Å²) >= 11 is 0. The van der Waals surface area contributed by atoms with Crippen LogP contribution in [0.4, 0.5) is 0 Å². The van der Waals surface area contributed by atoms with Crippen molar-refractivity contribution in [3.05, 3.63) is 53.1 Å². The molecular formula is C20H24N4O2. The summed E-state index contributed by atoms with van der Waals surface area (Å²) < 4.78 is 1.93. The Labute approximate surface area is 153 Å². The van der Waals surface area contributed by atoms with E-state index >= 15 is 0 Å². The number of aromatic nitrogens is 2. The number of nitrogens with zero attached hydrogens (tertiary/aromatic N) is 2. The minimum atomic E-state index is -0.211. The summed E-state index contributed by atoms with van der Waals surface area (Å²) in [6, 6.07) is 10.00. The number of benzene rings is 1. The molecule has 2 aromatic rings. The Hall–Kier alpha value is -2.63. The summed E-state index contributed by atoms with van der Waals surface area (Å²) in [7, 11) is 0. The monoisotopic (exact) mass is 352 g/mol. The number of carbonyl (C=O) groups excluding carboxylic acids is 2. The van der Waals surface area contributed by atoms with E-state index in [0.29, 0.717) is 11.5 Å². The molecule has 0 spiro atoms. The molecule has 1 fully saturated rings. The molecular weight excluding hydrogens is 328 g/mol. The van der Waals surface area contributed by atoms with Gasteiger partial charge in [-0.2, -0.15) is 0 Å². The van der Waals surface area contributed by atoms with Crippen molar-refractivity contribution < 1.29 is 9.59 Å². The van der Waals surface area contributed by atoms with E-state index in [-0.39, 0.29) is 23.9 Å². The fraction of sp³-hybridized carbons (Fsp3) is 0.450. The molecule has 0 bridgehead atoms. The number of rotatable bonds is 5. The van der Waals surface area contributed by atoms with Gasteiger partial charge in [0.2, 0.25) is 0 Å². The maximum atomic E-state index is 12.9. The zero-order valence-corrected chi connectivity index (χ0v) is 15.0. The van der Waals surface area contributed by atoms with Crippen LogP contribution in [-0.4, -0.2) is 27.4 Å². The second kappa shape index (κ2) is 6.94. The molecule has 0 saturated heterocycles. The van der Waals surface area contributed by atoms with Gasteiger partial charge in [0.1, 0.15) is 5.69 Å². The number of carbonyl (C=O) groups is 2. The molecule has 136 valence electrons. The Kier molecular flexibility index (Phi) is 4.49. The third-order valence-electron chi connectivity index (χ3n) is 5.10. The SMILES string of the molecule is CC(NC(=O)c1nc(C(=O)NC2CC2)n2c1CCCC2)c1ccccc1. The topological polar surface area (TPSA) is 76.0 Å². The van der Waals surface area contributed by atoms with Gasteiger partial charge in [-0.25, -0.2) is 4.98 Å². The first-order valence-corrected chi connectivity index (χ1v) is 9.39. The van der Waals surface area contributed by atoms with Gasteiger partial charge in [-0.1, -0.05) is 30.3 Å². The third kappa shape index (κ3) is 3.36. The molecule has 26 heavy (non-hydrogen) atoms. The molecule has 1 unspecified atom stereocenters. The Bertz CT molecular complexity index is 824. The number of hydrogen-bond donors (Lipinski definition) is 2. The summed E-state index contributed by atoms with van der Waals surface area (Å²) in [6.45, 7) is 2.70. The lowest BCUT2D eigenvalue weighted by atomic mass is 10.1. The number of amides is 2. The molecule has 1 saturated carbocycles. The van der Waals surface area contributed by atoms with Crippen LogP contribution in [0.1, 0.15) is 71.0 Å². The number of nitrogens with one attached hydrogen (secondary N) is 2. The van der Waals surface area contributed by atoms with Gasteiger partial charge in [0.05, 0.1) is 11.7 Å². The van der Waals surface area contributed by atoms with Crippen LogP contribution in [-0.2, 0) is 13.0 Å². The third-order valence-corrected chi connectivity index (χ3v) is 5.10. The molecule has 2 amide bonds. The normalized spacial score (nSPS) is 17.3. The van der Waals surface area contributed by atoms with Crippen LogP contribution in [0.2, 0.25) is 0 Å². The Morgan fingerprint density at radius 1 is 1.15 bits per heavy atom. The van der Waals surface area contributed by atoms with Crippen molar-refractivity contribution in [2.45, 2.75) is 57.7 Å². The first-order chi connectivity index (χ1) is 12.6. The van der Waals surface area contributed by atoms with Gasteiger partial charge in [-0.15, -0.1) is 0 Å². The van der Waals surface area contributed by atoms with Crippen LogP contribution in [0.25, 0.3) is 0 Å². The van der Waals surface area contributed by atoms with Crippen molar-refractivity contribution in [2.24, 2.45) is 0 Å². The van der Waals surface area contributed by atoms with E-state index < -0.39 is 0 Å². The summed E-state index contributed by atoms with van der Waals surface area (Å²) in [6.07, 6.45) is 4.87. The van der Waals surface area contributed by atoms with Gasteiger partial charge >= 0.3 is 0 Å². The van der Waals surface area contributed by atoms with E-state index in [1.54, 1.807) is 0 Å². The number of fused-ring (bicyclic) bond motifs is 1. The molecule has 1 aliphatic carbocycles. The van der Waals surface area contributed by atoms with E-state index in [2.05, 4.69) is 15.6 Å². The first kappa shape index (κ1) is 16.8. The van der Waals surface area contributed by atoms with Gasteiger partial charge in [0.25, 0.3) is 11.8 Å². The molecule has 1 aliphatic heterocycles. The summed E-state index contributed by atoms with van der Waals surface area (Å²) in [5, 5.41) is 6.01. The number of hydrogen-bond acceptors (Lipinski definition) is 3. The zero-order valence-electron chi connectivity index (χ0n) is 15.0. The van der Waals surface area contributed by atoms with E-state index in [0.717, 1.165) is 49.9 Å². The minimum Gasteiger partial charge on any atom is -0.347 e. The van der Waals surface area contributed by atoms with Gasteiger partial charge in [-0.3, -0.25) is 9.59 Å². The maximum Gasteiger partial charge on any atom is 0.287 e. The van der Waals surface area contributed by atoms with E-state index in [1.165, 1.54) is 0 Å². The number of imidazole rings is 1. The van der Waals surface area contributed by atoms with Crippen molar-refractivity contribution in [1.29, 1.82) is 0 Å². The summed E-state index contributed by atoms with van der Waals surface area (Å²) in [5.74, 6) is 0.00685. The van der Waals surface area contributed by atoms with E-state index in [9.17, 15) is 9.59 Å². The smallest absolute Gasteiger partial charge is 0.287 e. The van der Waals surface area contributed by atoms with Crippen LogP contribution in [0.3, 0.4) is 0 Å². The van der Waals surface area contributed by atoms with Crippen LogP contribution < -0.4 is 10.6 Å². The predicted molar refractivity (Wildman–Crippen MR) is 98.0 cm³/mol. The lowest BCUT2D eigenvalue weighted by molar-refractivity contribution is 0.0933. The van der Waals surface area contributed by atoms with Gasteiger partial charge < -0.3 is 15.2 Å². The molecule has 0 radical (unpaired) electrons. The van der Waals surface area contributed by atoms with Crippen molar-refractivity contribution in [3.63, 3.8) is 0 Å². The molecule has 2 N–H and O–H groups in total. The average molecular weight is 352 g/mol. The average Bonchev–Trinajstić information content (AvgIpc) is 3.39. The first-order valence-electron chi connectivity index (χ1n) is 9.39. The maximum absolute atomic E-state index is 12.9. The molecule has 2 aliphatic rings. The molecule has 6 nitrogen and oxygen atoms in total. The summed E-state index contributed by atoms with van der Waals surface area (Å²) in [5.41, 5.74) is 2.32. The Morgan fingerprint density at radius 2 is 1.92 bits per heavy atom. The predicted octanol–water partition coefficient (Wildman–Crippen LogP) is 2.60. The Morgan fingerprint density at radius 3 is 2.65 bits per heavy atom. The van der Waals surface area contributed by atoms with Crippen molar-refractivity contribution in [2.75, 3.05) is 0 Å². The van der Waals surface area contributed by atoms with E-state index in [4.69, 9.17) is 0 Å². The highest BCUT2D eigenvalue weighted by Gasteiger charge is 2.31. The van der Waals surface area contributed by atoms with Crippen molar-refractivity contribution in [1.82, 2.24) is 20.2 Å².